The van der Waals surface area contributed by atoms with E-state index in [0.717, 1.165) is 11.3 Å². The van der Waals surface area contributed by atoms with Gasteiger partial charge in [0.15, 0.2) is 17.3 Å². The molecule has 190 valence electrons. The third kappa shape index (κ3) is 4.83. The van der Waals surface area contributed by atoms with Crippen LogP contribution in [0.5, 0.6) is 11.5 Å². The average molecular weight is 539 g/mol. The summed E-state index contributed by atoms with van der Waals surface area (Å²) in [6.45, 7) is 1.69. The van der Waals surface area contributed by atoms with Crippen molar-refractivity contribution in [3.63, 3.8) is 0 Å². The molecule has 0 unspecified atom stereocenters. The summed E-state index contributed by atoms with van der Waals surface area (Å²) in [5.74, 6) is 2.02. The van der Waals surface area contributed by atoms with Gasteiger partial charge in [-0.15, -0.1) is 11.3 Å². The van der Waals surface area contributed by atoms with Crippen molar-refractivity contribution in [1.82, 2.24) is 8.98 Å². The highest BCUT2D eigenvalue weighted by Crippen LogP contribution is 2.32. The molecule has 2 aromatic carbocycles. The molecule has 2 aromatic heterocycles. The Morgan fingerprint density at radius 3 is 2.57 bits per heavy atom. The number of furan rings is 1. The standard InChI is InChI=1S/C25H22N4O6S2/c30-37(31,28-9-12-32-13-10-28)20-6-4-19(5-7-20)27-25-29(21(16-36-25)22-2-1-11-33-22)26-15-18-3-8-23-24(14-18)35-17-34-23/h1-8,11,14-16H,9-10,12-13,17H2/b26-15-,27-25?. The lowest BCUT2D eigenvalue weighted by Gasteiger charge is -2.26. The molecule has 1 fully saturated rings. The first-order valence-corrected chi connectivity index (χ1v) is 13.8. The van der Waals surface area contributed by atoms with Crippen LogP contribution in [0.25, 0.3) is 11.5 Å². The molecule has 0 N–H and O–H groups in total. The minimum absolute atomic E-state index is 0.202. The molecule has 1 saturated heterocycles. The van der Waals surface area contributed by atoms with Gasteiger partial charge < -0.3 is 18.6 Å². The summed E-state index contributed by atoms with van der Waals surface area (Å²) in [6.07, 6.45) is 3.31. The smallest absolute Gasteiger partial charge is 0.243 e. The van der Waals surface area contributed by atoms with E-state index in [9.17, 15) is 8.42 Å². The lowest BCUT2D eigenvalue weighted by atomic mass is 10.2. The number of morpholine rings is 1. The monoisotopic (exact) mass is 538 g/mol. The SMILES string of the molecule is O=S(=O)(c1ccc(N=c2scc(-c3ccco3)n2/N=C\c2ccc3c(c2)OCO3)cc1)N1CCOCC1. The van der Waals surface area contributed by atoms with Gasteiger partial charge in [0.1, 0.15) is 5.69 Å². The van der Waals surface area contributed by atoms with Gasteiger partial charge in [-0.2, -0.15) is 9.41 Å². The Hall–Kier alpha value is -3.71. The van der Waals surface area contributed by atoms with Crippen molar-refractivity contribution >= 4 is 33.3 Å². The second kappa shape index (κ2) is 9.98. The quantitative estimate of drug-likeness (QED) is 0.347. The molecule has 0 radical (unpaired) electrons. The zero-order valence-corrected chi connectivity index (χ0v) is 21.2. The summed E-state index contributed by atoms with van der Waals surface area (Å²) in [4.78, 5) is 5.55. The summed E-state index contributed by atoms with van der Waals surface area (Å²) in [5, 5.41) is 6.58. The summed E-state index contributed by atoms with van der Waals surface area (Å²) in [6, 6.07) is 15.8. The minimum atomic E-state index is -3.58. The summed E-state index contributed by atoms with van der Waals surface area (Å²) >= 11 is 1.39. The molecule has 0 spiro atoms. The molecule has 10 nitrogen and oxygen atoms in total. The Balaban J connectivity index is 1.33. The number of ether oxygens (including phenoxy) is 3. The molecular weight excluding hydrogens is 516 g/mol. The molecule has 0 amide bonds. The lowest BCUT2D eigenvalue weighted by Crippen LogP contribution is -2.40. The van der Waals surface area contributed by atoms with Crippen LogP contribution in [0.3, 0.4) is 0 Å². The van der Waals surface area contributed by atoms with Gasteiger partial charge in [0, 0.05) is 18.5 Å². The molecule has 0 bridgehead atoms. The Morgan fingerprint density at radius 2 is 1.78 bits per heavy atom. The topological polar surface area (TPSA) is 108 Å². The zero-order valence-electron chi connectivity index (χ0n) is 19.5. The molecular formula is C25H22N4O6S2. The lowest BCUT2D eigenvalue weighted by molar-refractivity contribution is 0.0730. The molecule has 2 aliphatic rings. The fourth-order valence-electron chi connectivity index (χ4n) is 3.94. The highest BCUT2D eigenvalue weighted by molar-refractivity contribution is 7.89. The maximum absolute atomic E-state index is 12.9. The van der Waals surface area contributed by atoms with Gasteiger partial charge in [-0.05, 0) is 60.2 Å². The van der Waals surface area contributed by atoms with Crippen LogP contribution in [0, 0.1) is 0 Å². The van der Waals surface area contributed by atoms with E-state index in [1.54, 1.807) is 41.4 Å². The Morgan fingerprint density at radius 1 is 0.973 bits per heavy atom. The van der Waals surface area contributed by atoms with E-state index in [2.05, 4.69) is 5.10 Å². The minimum Gasteiger partial charge on any atom is -0.463 e. The number of hydrogen-bond acceptors (Lipinski definition) is 9. The van der Waals surface area contributed by atoms with Crippen molar-refractivity contribution < 1.29 is 27.0 Å². The van der Waals surface area contributed by atoms with Gasteiger partial charge in [0.25, 0.3) is 0 Å². The third-order valence-electron chi connectivity index (χ3n) is 5.85. The molecule has 0 saturated carbocycles. The van der Waals surface area contributed by atoms with Crippen LogP contribution in [-0.2, 0) is 14.8 Å². The summed E-state index contributed by atoms with van der Waals surface area (Å²) in [5.41, 5.74) is 2.16. The maximum Gasteiger partial charge on any atom is 0.243 e. The Kier molecular flexibility index (Phi) is 6.38. The van der Waals surface area contributed by atoms with Crippen molar-refractivity contribution in [2.24, 2.45) is 10.1 Å². The highest BCUT2D eigenvalue weighted by Gasteiger charge is 2.26. The number of hydrogen-bond donors (Lipinski definition) is 0. The third-order valence-corrected chi connectivity index (χ3v) is 8.58. The molecule has 12 heteroatoms. The van der Waals surface area contributed by atoms with Crippen LogP contribution in [0.1, 0.15) is 5.56 Å². The van der Waals surface area contributed by atoms with Crippen molar-refractivity contribution in [2.45, 2.75) is 4.90 Å². The van der Waals surface area contributed by atoms with Crippen LogP contribution in [0.2, 0.25) is 0 Å². The number of rotatable bonds is 6. The van der Waals surface area contributed by atoms with Gasteiger partial charge in [-0.25, -0.2) is 18.1 Å². The van der Waals surface area contributed by atoms with Crippen molar-refractivity contribution in [3.05, 3.63) is 76.6 Å². The largest absolute Gasteiger partial charge is 0.463 e. The first kappa shape index (κ1) is 23.7. The van der Waals surface area contributed by atoms with Crippen molar-refractivity contribution in [1.29, 1.82) is 0 Å². The maximum atomic E-state index is 12.9. The van der Waals surface area contributed by atoms with Crippen LogP contribution in [0.15, 0.2) is 85.6 Å². The number of aromatic nitrogens is 1. The molecule has 4 aromatic rings. The van der Waals surface area contributed by atoms with E-state index >= 15 is 0 Å². The van der Waals surface area contributed by atoms with Crippen LogP contribution in [-0.4, -0.2) is 56.7 Å². The molecule has 0 atom stereocenters. The highest BCUT2D eigenvalue weighted by atomic mass is 32.2. The second-order valence-electron chi connectivity index (χ2n) is 8.17. The number of thiazole rings is 1. The van der Waals surface area contributed by atoms with Gasteiger partial charge in [0.05, 0.1) is 36.3 Å². The van der Waals surface area contributed by atoms with Gasteiger partial charge >= 0.3 is 0 Å². The van der Waals surface area contributed by atoms with E-state index in [1.165, 1.54) is 15.6 Å². The molecule has 37 heavy (non-hydrogen) atoms. The van der Waals surface area contributed by atoms with E-state index in [4.69, 9.17) is 23.6 Å². The van der Waals surface area contributed by atoms with E-state index in [-0.39, 0.29) is 11.7 Å². The Bertz CT molecular complexity index is 1600. The molecule has 2 aliphatic heterocycles. The number of benzene rings is 2. The molecule has 4 heterocycles. The first-order valence-electron chi connectivity index (χ1n) is 11.5. The summed E-state index contributed by atoms with van der Waals surface area (Å²) in [7, 11) is -3.58. The van der Waals surface area contributed by atoms with Crippen LogP contribution in [0.4, 0.5) is 5.69 Å². The average Bonchev–Trinajstić information content (AvgIpc) is 3.69. The second-order valence-corrected chi connectivity index (χ2v) is 10.9. The Labute approximate surface area is 216 Å². The van der Waals surface area contributed by atoms with E-state index < -0.39 is 10.0 Å². The number of fused-ring (bicyclic) bond motifs is 1. The van der Waals surface area contributed by atoms with Gasteiger partial charge in [0.2, 0.25) is 21.6 Å². The van der Waals surface area contributed by atoms with E-state index in [0.29, 0.717) is 54.1 Å². The first-order chi connectivity index (χ1) is 18.1. The normalized spacial score (nSPS) is 16.6. The number of sulfonamides is 1. The number of nitrogens with zero attached hydrogens (tertiary/aromatic N) is 4. The summed E-state index contributed by atoms with van der Waals surface area (Å²) < 4.78 is 50.7. The zero-order chi connectivity index (χ0) is 25.2. The van der Waals surface area contributed by atoms with Crippen LogP contribution >= 0.6 is 11.3 Å². The predicted octanol–water partition coefficient (Wildman–Crippen LogP) is 3.67. The molecule has 0 aliphatic carbocycles. The predicted molar refractivity (Wildman–Crippen MR) is 137 cm³/mol. The fourth-order valence-corrected chi connectivity index (χ4v) is 6.18. The molecule has 6 rings (SSSR count). The van der Waals surface area contributed by atoms with Crippen molar-refractivity contribution in [2.75, 3.05) is 33.1 Å². The van der Waals surface area contributed by atoms with Gasteiger partial charge in [-0.3, -0.25) is 0 Å². The van der Waals surface area contributed by atoms with E-state index in [1.807, 2.05) is 35.7 Å². The van der Waals surface area contributed by atoms with Crippen LogP contribution < -0.4 is 14.3 Å². The van der Waals surface area contributed by atoms with Gasteiger partial charge in [-0.1, -0.05) is 0 Å². The fraction of sp³-hybridized carbons (Fsp3) is 0.200. The van der Waals surface area contributed by atoms with Crippen molar-refractivity contribution in [3.8, 4) is 23.0 Å².